The minimum atomic E-state index is 0.688. The van der Waals surface area contributed by atoms with Crippen molar-refractivity contribution >= 4 is 0 Å². The second-order valence-corrected chi connectivity index (χ2v) is 1.07. The molecule has 42 valence electrons. The molecule has 0 aromatic carbocycles. The van der Waals surface area contributed by atoms with Gasteiger partial charge in [0.15, 0.2) is 0 Å². The second-order valence-electron chi connectivity index (χ2n) is 1.07. The molecule has 0 fully saturated rings. The lowest BCUT2D eigenvalue weighted by Gasteiger charge is -1.96. The van der Waals surface area contributed by atoms with Gasteiger partial charge in [-0.25, -0.2) is 0 Å². The van der Waals surface area contributed by atoms with Crippen molar-refractivity contribution in [2.45, 2.75) is 20.3 Å². The summed E-state index contributed by atoms with van der Waals surface area (Å²) in [5.74, 6) is 0. The molecule has 0 spiro atoms. The van der Waals surface area contributed by atoms with Crippen molar-refractivity contribution in [1.82, 2.24) is 5.48 Å². The van der Waals surface area contributed by atoms with E-state index < -0.39 is 0 Å². The Bertz CT molecular complexity index is 27.3. The van der Waals surface area contributed by atoms with E-state index in [-0.39, 0.29) is 0 Å². The first kappa shape index (κ1) is 6.92. The molecule has 0 saturated heterocycles. The van der Waals surface area contributed by atoms with Crippen molar-refractivity contribution in [1.29, 1.82) is 0 Å². The van der Waals surface area contributed by atoms with Crippen LogP contribution in [0.2, 0.25) is 0 Å². The van der Waals surface area contributed by atoms with E-state index in [0.717, 1.165) is 6.42 Å². The fraction of sp³-hybridized carbons (Fsp3) is 0.800. The SMILES string of the molecule is CC[C]NOCC. The summed E-state index contributed by atoms with van der Waals surface area (Å²) in [6.07, 6.45) is 0.875. The summed E-state index contributed by atoms with van der Waals surface area (Å²) >= 11 is 0. The van der Waals surface area contributed by atoms with Crippen molar-refractivity contribution in [2.24, 2.45) is 0 Å². The van der Waals surface area contributed by atoms with Gasteiger partial charge in [-0.15, -0.1) is 0 Å². The van der Waals surface area contributed by atoms with Crippen LogP contribution < -0.4 is 5.48 Å². The minimum absolute atomic E-state index is 0.688. The molecular weight excluding hydrogens is 90.1 g/mol. The van der Waals surface area contributed by atoms with E-state index in [9.17, 15) is 0 Å². The molecule has 0 atom stereocenters. The Balaban J connectivity index is 2.45. The minimum Gasteiger partial charge on any atom is -0.301 e. The van der Waals surface area contributed by atoms with E-state index in [1.165, 1.54) is 0 Å². The van der Waals surface area contributed by atoms with Crippen molar-refractivity contribution in [3.63, 3.8) is 0 Å². The lowest BCUT2D eigenvalue weighted by atomic mass is 10.5. The maximum Gasteiger partial charge on any atom is 0.0875 e. The highest BCUT2D eigenvalue weighted by Crippen LogP contribution is 1.75. The zero-order chi connectivity index (χ0) is 5.54. The lowest BCUT2D eigenvalue weighted by Crippen LogP contribution is -2.09. The zero-order valence-corrected chi connectivity index (χ0v) is 4.82. The van der Waals surface area contributed by atoms with E-state index in [0.29, 0.717) is 6.61 Å². The third-order valence-corrected chi connectivity index (χ3v) is 0.465. The van der Waals surface area contributed by atoms with E-state index in [4.69, 9.17) is 4.84 Å². The average Bonchev–Trinajstić information content (AvgIpc) is 1.69. The molecule has 0 saturated carbocycles. The fourth-order valence-corrected chi connectivity index (χ4v) is 0.195. The molecule has 7 heavy (non-hydrogen) atoms. The van der Waals surface area contributed by atoms with Crippen molar-refractivity contribution in [3.8, 4) is 0 Å². The molecule has 0 heterocycles. The van der Waals surface area contributed by atoms with Gasteiger partial charge >= 0.3 is 0 Å². The van der Waals surface area contributed by atoms with Gasteiger partial charge in [-0.05, 0) is 13.3 Å². The molecule has 0 amide bonds. The van der Waals surface area contributed by atoms with Crippen molar-refractivity contribution < 1.29 is 4.84 Å². The normalized spacial score (nSPS) is 9.43. The molecule has 0 aromatic rings. The molecule has 0 rings (SSSR count). The molecule has 2 heteroatoms. The van der Waals surface area contributed by atoms with Gasteiger partial charge in [-0.1, -0.05) is 6.92 Å². The number of hydrogen-bond donors (Lipinski definition) is 1. The predicted molar refractivity (Wildman–Crippen MR) is 28.3 cm³/mol. The lowest BCUT2D eigenvalue weighted by molar-refractivity contribution is 0.0686. The van der Waals surface area contributed by atoms with Crippen LogP contribution in [-0.2, 0) is 4.84 Å². The van der Waals surface area contributed by atoms with Gasteiger partial charge in [0.05, 0.1) is 13.2 Å². The van der Waals surface area contributed by atoms with E-state index in [1.807, 2.05) is 13.8 Å². The molecule has 0 unspecified atom stereocenters. The van der Waals surface area contributed by atoms with Gasteiger partial charge in [0.25, 0.3) is 0 Å². The summed E-state index contributed by atoms with van der Waals surface area (Å²) in [6, 6.07) is 0. The number of rotatable bonds is 4. The molecule has 0 aliphatic carbocycles. The first-order valence-electron chi connectivity index (χ1n) is 2.51. The predicted octanol–water partition coefficient (Wildman–Crippen LogP) is 0.976. The summed E-state index contributed by atoms with van der Waals surface area (Å²) in [4.78, 5) is 4.71. The van der Waals surface area contributed by atoms with Gasteiger partial charge < -0.3 is 4.84 Å². The van der Waals surface area contributed by atoms with E-state index >= 15 is 0 Å². The largest absolute Gasteiger partial charge is 0.301 e. The Labute approximate surface area is 44.8 Å². The quantitative estimate of drug-likeness (QED) is 0.324. The Kier molecular flexibility index (Phi) is 5.85. The van der Waals surface area contributed by atoms with Crippen LogP contribution in [-0.4, -0.2) is 6.61 Å². The molecular formula is C5H11NO. The van der Waals surface area contributed by atoms with Crippen LogP contribution >= 0.6 is 0 Å². The Morgan fingerprint density at radius 3 is 2.71 bits per heavy atom. The van der Waals surface area contributed by atoms with Gasteiger partial charge in [-0.2, -0.15) is 5.48 Å². The van der Waals surface area contributed by atoms with Crippen LogP contribution in [0.1, 0.15) is 20.3 Å². The molecule has 0 aromatic heterocycles. The standard InChI is InChI=1S/C5H11NO/c1-3-5-6-7-4-2/h6H,3-4H2,1-2H3. The summed E-state index contributed by atoms with van der Waals surface area (Å²) < 4.78 is 0. The third kappa shape index (κ3) is 5.92. The van der Waals surface area contributed by atoms with Crippen molar-refractivity contribution in [3.05, 3.63) is 6.54 Å². The number of nitrogens with one attached hydrogen (secondary N) is 1. The summed E-state index contributed by atoms with van der Waals surface area (Å²) in [5.41, 5.74) is 2.53. The Morgan fingerprint density at radius 2 is 2.29 bits per heavy atom. The number of hydrogen-bond acceptors (Lipinski definition) is 2. The van der Waals surface area contributed by atoms with Gasteiger partial charge in [0, 0.05) is 0 Å². The van der Waals surface area contributed by atoms with Crippen LogP contribution in [0.4, 0.5) is 0 Å². The highest BCUT2D eigenvalue weighted by atomic mass is 16.6. The zero-order valence-electron chi connectivity index (χ0n) is 4.82. The van der Waals surface area contributed by atoms with Crippen LogP contribution in [0.5, 0.6) is 0 Å². The average molecular weight is 101 g/mol. The van der Waals surface area contributed by atoms with Gasteiger partial charge in [0.1, 0.15) is 0 Å². The third-order valence-electron chi connectivity index (χ3n) is 0.465. The maximum atomic E-state index is 4.71. The molecule has 1 N–H and O–H groups in total. The van der Waals surface area contributed by atoms with Crippen molar-refractivity contribution in [2.75, 3.05) is 6.61 Å². The fourth-order valence-electron chi connectivity index (χ4n) is 0.195. The summed E-state index contributed by atoms with van der Waals surface area (Å²) in [6.45, 7) is 7.38. The van der Waals surface area contributed by atoms with Gasteiger partial charge in [-0.3, -0.25) is 0 Å². The molecule has 2 nitrogen and oxygen atoms in total. The smallest absolute Gasteiger partial charge is 0.0875 e. The van der Waals surface area contributed by atoms with E-state index in [2.05, 4.69) is 12.0 Å². The maximum absolute atomic E-state index is 4.71. The Morgan fingerprint density at radius 1 is 1.57 bits per heavy atom. The summed E-state index contributed by atoms with van der Waals surface area (Å²) in [5, 5.41) is 0. The second kappa shape index (κ2) is 5.92. The van der Waals surface area contributed by atoms with Crippen LogP contribution in [0.25, 0.3) is 0 Å². The monoisotopic (exact) mass is 101 g/mol. The van der Waals surface area contributed by atoms with Crippen LogP contribution in [0, 0.1) is 6.54 Å². The highest BCUT2D eigenvalue weighted by Gasteiger charge is 1.77. The van der Waals surface area contributed by atoms with Crippen LogP contribution in [0.3, 0.4) is 0 Å². The Hall–Kier alpha value is -0.0800. The molecule has 0 aliphatic heterocycles. The first-order chi connectivity index (χ1) is 3.41. The van der Waals surface area contributed by atoms with Crippen LogP contribution in [0.15, 0.2) is 0 Å². The summed E-state index contributed by atoms with van der Waals surface area (Å²) in [7, 11) is 0. The highest BCUT2D eigenvalue weighted by molar-refractivity contribution is 4.46. The van der Waals surface area contributed by atoms with E-state index in [1.54, 1.807) is 0 Å². The first-order valence-corrected chi connectivity index (χ1v) is 2.51. The molecule has 2 radical (unpaired) electrons. The molecule has 0 bridgehead atoms. The topological polar surface area (TPSA) is 21.3 Å². The molecule has 0 aliphatic rings. The number of hydroxylamine groups is 1. The van der Waals surface area contributed by atoms with Gasteiger partial charge in [0.2, 0.25) is 0 Å².